The molecule has 1 unspecified atom stereocenters. The molecule has 1 saturated heterocycles. The first-order valence-corrected chi connectivity index (χ1v) is 6.85. The molecule has 2 aromatic rings. The van der Waals surface area contributed by atoms with Gasteiger partial charge in [0.1, 0.15) is 5.82 Å². The molecule has 1 fully saturated rings. The number of rotatable bonds is 2. The van der Waals surface area contributed by atoms with E-state index in [4.69, 9.17) is 4.98 Å². The van der Waals surface area contributed by atoms with E-state index in [1.165, 1.54) is 17.8 Å². The van der Waals surface area contributed by atoms with Crippen LogP contribution >= 0.6 is 15.9 Å². The molecular formula is C13H16BrN3. The fourth-order valence-electron chi connectivity index (χ4n) is 2.60. The lowest BCUT2D eigenvalue weighted by molar-refractivity contribution is 0.552. The maximum atomic E-state index is 4.74. The molecule has 3 nitrogen and oxygen atoms in total. The predicted molar refractivity (Wildman–Crippen MR) is 73.1 cm³/mol. The lowest BCUT2D eigenvalue weighted by Crippen LogP contribution is -2.12. The number of aryl methyl sites for hydroxylation is 1. The molecule has 1 aliphatic heterocycles. The fourth-order valence-corrected chi connectivity index (χ4v) is 3.22. The third-order valence-electron chi connectivity index (χ3n) is 3.57. The van der Waals surface area contributed by atoms with Crippen molar-refractivity contribution in [1.29, 1.82) is 0 Å². The van der Waals surface area contributed by atoms with Crippen molar-refractivity contribution < 1.29 is 0 Å². The van der Waals surface area contributed by atoms with Crippen LogP contribution in [-0.2, 0) is 13.5 Å². The van der Waals surface area contributed by atoms with E-state index in [0.29, 0.717) is 0 Å². The van der Waals surface area contributed by atoms with Crippen molar-refractivity contribution in [2.24, 2.45) is 13.0 Å². The van der Waals surface area contributed by atoms with E-state index in [0.717, 1.165) is 35.4 Å². The molecule has 1 aromatic carbocycles. The summed E-state index contributed by atoms with van der Waals surface area (Å²) in [6.07, 6.45) is 2.34. The molecular weight excluding hydrogens is 278 g/mol. The molecule has 2 heterocycles. The molecule has 90 valence electrons. The van der Waals surface area contributed by atoms with Gasteiger partial charge in [-0.25, -0.2) is 4.98 Å². The molecule has 1 atom stereocenters. The summed E-state index contributed by atoms with van der Waals surface area (Å²) < 4.78 is 3.35. The van der Waals surface area contributed by atoms with Gasteiger partial charge in [0.25, 0.3) is 0 Å². The number of para-hydroxylation sites is 1. The molecule has 1 N–H and O–H groups in total. The van der Waals surface area contributed by atoms with Crippen LogP contribution in [0.1, 0.15) is 12.2 Å². The Hall–Kier alpha value is -0.870. The summed E-state index contributed by atoms with van der Waals surface area (Å²) in [5.74, 6) is 1.94. The number of hydrogen-bond donors (Lipinski definition) is 1. The Morgan fingerprint density at radius 3 is 3.12 bits per heavy atom. The summed E-state index contributed by atoms with van der Waals surface area (Å²) in [6, 6.07) is 6.20. The Morgan fingerprint density at radius 2 is 2.41 bits per heavy atom. The second kappa shape index (κ2) is 4.42. The normalized spacial score (nSPS) is 20.2. The van der Waals surface area contributed by atoms with Crippen LogP contribution in [0, 0.1) is 5.92 Å². The van der Waals surface area contributed by atoms with Gasteiger partial charge in [-0.1, -0.05) is 6.07 Å². The van der Waals surface area contributed by atoms with Crippen molar-refractivity contribution in [3.05, 3.63) is 28.5 Å². The first-order chi connectivity index (χ1) is 8.25. The van der Waals surface area contributed by atoms with Gasteiger partial charge in [0.05, 0.1) is 11.0 Å². The second-order valence-electron chi connectivity index (χ2n) is 4.76. The third kappa shape index (κ3) is 2.00. The molecule has 1 aliphatic rings. The number of imidazole rings is 1. The van der Waals surface area contributed by atoms with E-state index in [-0.39, 0.29) is 0 Å². The van der Waals surface area contributed by atoms with E-state index < -0.39 is 0 Å². The molecule has 0 amide bonds. The second-order valence-corrected chi connectivity index (χ2v) is 5.61. The molecule has 0 bridgehead atoms. The highest BCUT2D eigenvalue weighted by molar-refractivity contribution is 9.10. The first kappa shape index (κ1) is 11.2. The number of fused-ring (bicyclic) bond motifs is 1. The molecule has 0 saturated carbocycles. The van der Waals surface area contributed by atoms with Gasteiger partial charge in [-0.3, -0.25) is 0 Å². The highest BCUT2D eigenvalue weighted by Crippen LogP contribution is 2.25. The van der Waals surface area contributed by atoms with Crippen molar-refractivity contribution in [2.75, 3.05) is 13.1 Å². The Morgan fingerprint density at radius 1 is 1.53 bits per heavy atom. The molecule has 0 radical (unpaired) electrons. The predicted octanol–water partition coefficient (Wildman–Crippen LogP) is 2.49. The van der Waals surface area contributed by atoms with E-state index in [9.17, 15) is 0 Å². The fraction of sp³-hybridized carbons (Fsp3) is 0.462. The summed E-state index contributed by atoms with van der Waals surface area (Å²) in [7, 11) is 2.11. The average Bonchev–Trinajstić information content (AvgIpc) is 2.90. The first-order valence-electron chi connectivity index (χ1n) is 6.06. The van der Waals surface area contributed by atoms with Crippen LogP contribution < -0.4 is 5.32 Å². The van der Waals surface area contributed by atoms with Gasteiger partial charge in [0, 0.05) is 17.9 Å². The number of aromatic nitrogens is 2. The zero-order valence-electron chi connectivity index (χ0n) is 9.91. The Balaban J connectivity index is 1.99. The van der Waals surface area contributed by atoms with Crippen molar-refractivity contribution >= 4 is 27.0 Å². The highest BCUT2D eigenvalue weighted by atomic mass is 79.9. The van der Waals surface area contributed by atoms with E-state index >= 15 is 0 Å². The van der Waals surface area contributed by atoms with Gasteiger partial charge in [-0.05, 0) is 53.5 Å². The third-order valence-corrected chi connectivity index (χ3v) is 4.21. The van der Waals surface area contributed by atoms with Crippen LogP contribution in [0.4, 0.5) is 0 Å². The van der Waals surface area contributed by atoms with E-state index in [1.807, 2.05) is 6.07 Å². The average molecular weight is 294 g/mol. The van der Waals surface area contributed by atoms with Gasteiger partial charge >= 0.3 is 0 Å². The molecule has 0 spiro atoms. The molecule has 3 rings (SSSR count). The standard InChI is InChI=1S/C13H16BrN3/c1-17-12(7-9-5-6-15-8-9)16-11-4-2-3-10(14)13(11)17/h2-4,9,15H,5-8H2,1H3. The lowest BCUT2D eigenvalue weighted by Gasteiger charge is -2.08. The van der Waals surface area contributed by atoms with Crippen molar-refractivity contribution in [2.45, 2.75) is 12.8 Å². The summed E-state index contributed by atoms with van der Waals surface area (Å²) in [4.78, 5) is 4.74. The van der Waals surface area contributed by atoms with Crippen LogP contribution in [0.2, 0.25) is 0 Å². The molecule has 4 heteroatoms. The minimum atomic E-state index is 0.740. The number of nitrogens with one attached hydrogen (secondary N) is 1. The van der Waals surface area contributed by atoms with Crippen LogP contribution in [0.15, 0.2) is 22.7 Å². The van der Waals surface area contributed by atoms with Crippen LogP contribution in [0.5, 0.6) is 0 Å². The summed E-state index contributed by atoms with van der Waals surface area (Å²) in [6.45, 7) is 2.28. The topological polar surface area (TPSA) is 29.9 Å². The minimum absolute atomic E-state index is 0.740. The van der Waals surface area contributed by atoms with Crippen molar-refractivity contribution in [3.8, 4) is 0 Å². The number of nitrogens with zero attached hydrogens (tertiary/aromatic N) is 2. The van der Waals surface area contributed by atoms with Gasteiger partial charge in [-0.2, -0.15) is 0 Å². The van der Waals surface area contributed by atoms with Crippen LogP contribution in [-0.4, -0.2) is 22.6 Å². The monoisotopic (exact) mass is 293 g/mol. The number of halogens is 1. The Labute approximate surface area is 109 Å². The maximum Gasteiger partial charge on any atom is 0.109 e. The smallest absolute Gasteiger partial charge is 0.109 e. The Kier molecular flexibility index (Phi) is 2.92. The van der Waals surface area contributed by atoms with E-state index in [1.54, 1.807) is 0 Å². The SMILES string of the molecule is Cn1c(CC2CCNC2)nc2cccc(Br)c21. The summed E-state index contributed by atoms with van der Waals surface area (Å²) in [5.41, 5.74) is 2.29. The number of hydrogen-bond acceptors (Lipinski definition) is 2. The van der Waals surface area contributed by atoms with E-state index in [2.05, 4.69) is 45.0 Å². The Bertz CT molecular complexity index is 541. The van der Waals surface area contributed by atoms with Crippen LogP contribution in [0.25, 0.3) is 11.0 Å². The zero-order chi connectivity index (χ0) is 11.8. The van der Waals surface area contributed by atoms with Gasteiger partial charge < -0.3 is 9.88 Å². The highest BCUT2D eigenvalue weighted by Gasteiger charge is 2.18. The number of benzene rings is 1. The quantitative estimate of drug-likeness (QED) is 0.922. The van der Waals surface area contributed by atoms with Crippen molar-refractivity contribution in [1.82, 2.24) is 14.9 Å². The van der Waals surface area contributed by atoms with Crippen LogP contribution in [0.3, 0.4) is 0 Å². The summed E-state index contributed by atoms with van der Waals surface area (Å²) in [5, 5.41) is 3.41. The molecule has 17 heavy (non-hydrogen) atoms. The zero-order valence-corrected chi connectivity index (χ0v) is 11.5. The van der Waals surface area contributed by atoms with Gasteiger partial charge in [0.15, 0.2) is 0 Å². The maximum absolute atomic E-state index is 4.74. The van der Waals surface area contributed by atoms with Gasteiger partial charge in [-0.15, -0.1) is 0 Å². The van der Waals surface area contributed by atoms with Crippen molar-refractivity contribution in [3.63, 3.8) is 0 Å². The van der Waals surface area contributed by atoms with Gasteiger partial charge in [0.2, 0.25) is 0 Å². The lowest BCUT2D eigenvalue weighted by atomic mass is 10.0. The largest absolute Gasteiger partial charge is 0.330 e. The molecule has 0 aliphatic carbocycles. The molecule has 1 aromatic heterocycles. The summed E-state index contributed by atoms with van der Waals surface area (Å²) >= 11 is 3.60. The minimum Gasteiger partial charge on any atom is -0.330 e.